The number of nitrogens with zero attached hydrogens (tertiary/aromatic N) is 3. The van der Waals surface area contributed by atoms with Crippen molar-refractivity contribution in [2.75, 3.05) is 0 Å². The molecule has 3 nitrogen and oxygen atoms in total. The van der Waals surface area contributed by atoms with Gasteiger partial charge in [0.25, 0.3) is 0 Å². The minimum absolute atomic E-state index is 0.760. The summed E-state index contributed by atoms with van der Waals surface area (Å²) in [5.74, 6) is 0.760. The zero-order valence-corrected chi connectivity index (χ0v) is 10.1. The average molecular weight is 264 g/mol. The van der Waals surface area contributed by atoms with Crippen LogP contribution in [0.2, 0.25) is 0 Å². The highest BCUT2D eigenvalue weighted by Crippen LogP contribution is 2.22. The molecule has 2 aromatic rings. The normalized spacial score (nSPS) is 10.3. The Kier molecular flexibility index (Phi) is 2.77. The number of pyridine rings is 1. The molecule has 0 aliphatic carbocycles. The van der Waals surface area contributed by atoms with Crippen LogP contribution in [0.5, 0.6) is 0 Å². The van der Waals surface area contributed by atoms with Crippen molar-refractivity contribution in [3.8, 4) is 11.3 Å². The number of halogens is 1. The Hall–Kier alpha value is -1.29. The lowest BCUT2D eigenvalue weighted by Crippen LogP contribution is -1.93. The van der Waals surface area contributed by atoms with E-state index in [9.17, 15) is 0 Å². The SMILES string of the molecule is Cc1nc(Br)cc(-c2ccncc2C)n1. The Bertz CT molecular complexity index is 477. The monoisotopic (exact) mass is 263 g/mol. The van der Waals surface area contributed by atoms with Gasteiger partial charge in [-0.05, 0) is 47.5 Å². The van der Waals surface area contributed by atoms with Gasteiger partial charge in [-0.1, -0.05) is 0 Å². The van der Waals surface area contributed by atoms with E-state index < -0.39 is 0 Å². The fourth-order valence-electron chi connectivity index (χ4n) is 1.43. The van der Waals surface area contributed by atoms with Gasteiger partial charge >= 0.3 is 0 Å². The van der Waals surface area contributed by atoms with Gasteiger partial charge in [0.05, 0.1) is 5.69 Å². The Morgan fingerprint density at radius 2 is 2.00 bits per heavy atom. The van der Waals surface area contributed by atoms with Gasteiger partial charge in [-0.3, -0.25) is 4.98 Å². The maximum Gasteiger partial charge on any atom is 0.127 e. The van der Waals surface area contributed by atoms with Gasteiger partial charge in [-0.2, -0.15) is 0 Å². The molecule has 0 radical (unpaired) electrons. The molecule has 15 heavy (non-hydrogen) atoms. The van der Waals surface area contributed by atoms with Crippen molar-refractivity contribution in [1.29, 1.82) is 0 Å². The molecule has 2 rings (SSSR count). The van der Waals surface area contributed by atoms with Crippen molar-refractivity contribution < 1.29 is 0 Å². The lowest BCUT2D eigenvalue weighted by atomic mass is 10.1. The number of rotatable bonds is 1. The Balaban J connectivity index is 2.59. The van der Waals surface area contributed by atoms with E-state index in [0.717, 1.165) is 27.2 Å². The molecule has 0 saturated heterocycles. The van der Waals surface area contributed by atoms with Gasteiger partial charge in [0.2, 0.25) is 0 Å². The van der Waals surface area contributed by atoms with Gasteiger partial charge in [0, 0.05) is 18.0 Å². The maximum atomic E-state index is 4.40. The quantitative estimate of drug-likeness (QED) is 0.743. The first-order chi connectivity index (χ1) is 7.16. The fraction of sp³-hybridized carbons (Fsp3) is 0.182. The van der Waals surface area contributed by atoms with Gasteiger partial charge in [-0.15, -0.1) is 0 Å². The van der Waals surface area contributed by atoms with Crippen LogP contribution in [0.25, 0.3) is 11.3 Å². The first-order valence-electron chi connectivity index (χ1n) is 4.59. The molecule has 2 heterocycles. The van der Waals surface area contributed by atoms with Crippen LogP contribution in [-0.4, -0.2) is 15.0 Å². The lowest BCUT2D eigenvalue weighted by molar-refractivity contribution is 1.03. The van der Waals surface area contributed by atoms with Crippen molar-refractivity contribution in [2.24, 2.45) is 0 Å². The van der Waals surface area contributed by atoms with Crippen molar-refractivity contribution >= 4 is 15.9 Å². The maximum absolute atomic E-state index is 4.40. The Labute approximate surface area is 96.7 Å². The van der Waals surface area contributed by atoms with Gasteiger partial charge in [0.15, 0.2) is 0 Å². The Morgan fingerprint density at radius 1 is 1.20 bits per heavy atom. The predicted molar refractivity (Wildman–Crippen MR) is 62.4 cm³/mol. The highest BCUT2D eigenvalue weighted by atomic mass is 79.9. The van der Waals surface area contributed by atoms with Crippen LogP contribution in [0, 0.1) is 13.8 Å². The molecule has 0 bridgehead atoms. The van der Waals surface area contributed by atoms with E-state index in [1.807, 2.05) is 32.2 Å². The summed E-state index contributed by atoms with van der Waals surface area (Å²) in [6, 6.07) is 3.87. The summed E-state index contributed by atoms with van der Waals surface area (Å²) in [7, 11) is 0. The second-order valence-corrected chi connectivity index (χ2v) is 4.13. The zero-order chi connectivity index (χ0) is 10.8. The molecule has 0 unspecified atom stereocenters. The first-order valence-corrected chi connectivity index (χ1v) is 5.38. The molecule has 0 spiro atoms. The lowest BCUT2D eigenvalue weighted by Gasteiger charge is -2.05. The van der Waals surface area contributed by atoms with E-state index in [2.05, 4.69) is 30.9 Å². The summed E-state index contributed by atoms with van der Waals surface area (Å²) in [4.78, 5) is 12.6. The first kappa shape index (κ1) is 10.2. The van der Waals surface area contributed by atoms with E-state index in [4.69, 9.17) is 0 Å². The molecule has 2 aromatic heterocycles. The molecule has 0 atom stereocenters. The smallest absolute Gasteiger partial charge is 0.127 e. The van der Waals surface area contributed by atoms with Gasteiger partial charge < -0.3 is 0 Å². The summed E-state index contributed by atoms with van der Waals surface area (Å²) < 4.78 is 0.807. The molecule has 0 aliphatic heterocycles. The molecule has 0 saturated carbocycles. The van der Waals surface area contributed by atoms with Crippen LogP contribution in [0.15, 0.2) is 29.1 Å². The molecule has 0 aliphatic rings. The van der Waals surface area contributed by atoms with E-state index >= 15 is 0 Å². The van der Waals surface area contributed by atoms with Crippen molar-refractivity contribution in [3.05, 3.63) is 40.5 Å². The Morgan fingerprint density at radius 3 is 2.67 bits per heavy atom. The number of aryl methyl sites for hydroxylation is 2. The highest BCUT2D eigenvalue weighted by molar-refractivity contribution is 9.10. The summed E-state index contributed by atoms with van der Waals surface area (Å²) in [6.45, 7) is 3.90. The van der Waals surface area contributed by atoms with E-state index in [1.54, 1.807) is 6.20 Å². The molecule has 0 amide bonds. The third kappa shape index (κ3) is 2.21. The molecule has 0 aromatic carbocycles. The van der Waals surface area contributed by atoms with Crippen LogP contribution < -0.4 is 0 Å². The van der Waals surface area contributed by atoms with Crippen molar-refractivity contribution in [3.63, 3.8) is 0 Å². The van der Waals surface area contributed by atoms with Crippen LogP contribution in [0.4, 0.5) is 0 Å². The second kappa shape index (κ2) is 4.06. The fourth-order valence-corrected chi connectivity index (χ4v) is 1.90. The summed E-state index contributed by atoms with van der Waals surface area (Å²) >= 11 is 3.37. The van der Waals surface area contributed by atoms with Crippen molar-refractivity contribution in [1.82, 2.24) is 15.0 Å². The number of aromatic nitrogens is 3. The third-order valence-electron chi connectivity index (χ3n) is 2.10. The number of hydrogen-bond acceptors (Lipinski definition) is 3. The summed E-state index contributed by atoms with van der Waals surface area (Å²) in [6.07, 6.45) is 3.61. The topological polar surface area (TPSA) is 38.7 Å². The molecular formula is C11H10BrN3. The van der Waals surface area contributed by atoms with E-state index in [1.165, 1.54) is 0 Å². The van der Waals surface area contributed by atoms with Gasteiger partial charge in [0.1, 0.15) is 10.4 Å². The second-order valence-electron chi connectivity index (χ2n) is 3.31. The summed E-state index contributed by atoms with van der Waals surface area (Å²) in [5, 5.41) is 0. The van der Waals surface area contributed by atoms with Crippen LogP contribution >= 0.6 is 15.9 Å². The van der Waals surface area contributed by atoms with Gasteiger partial charge in [-0.25, -0.2) is 9.97 Å². The van der Waals surface area contributed by atoms with E-state index in [0.29, 0.717) is 0 Å². The van der Waals surface area contributed by atoms with E-state index in [-0.39, 0.29) is 0 Å². The molecule has 0 fully saturated rings. The molecular weight excluding hydrogens is 254 g/mol. The predicted octanol–water partition coefficient (Wildman–Crippen LogP) is 2.92. The average Bonchev–Trinajstić information content (AvgIpc) is 2.16. The standard InChI is InChI=1S/C11H10BrN3/c1-7-6-13-4-3-9(7)10-5-11(12)15-8(2)14-10/h3-6H,1-2H3. The number of hydrogen-bond donors (Lipinski definition) is 0. The zero-order valence-electron chi connectivity index (χ0n) is 8.53. The molecule has 0 N–H and O–H groups in total. The minimum Gasteiger partial charge on any atom is -0.264 e. The molecule has 4 heteroatoms. The highest BCUT2D eigenvalue weighted by Gasteiger charge is 2.05. The minimum atomic E-state index is 0.760. The van der Waals surface area contributed by atoms with Crippen LogP contribution in [0.3, 0.4) is 0 Å². The molecule has 76 valence electrons. The van der Waals surface area contributed by atoms with Crippen molar-refractivity contribution in [2.45, 2.75) is 13.8 Å². The largest absolute Gasteiger partial charge is 0.264 e. The summed E-state index contributed by atoms with van der Waals surface area (Å²) in [5.41, 5.74) is 3.13. The third-order valence-corrected chi connectivity index (χ3v) is 2.51. The van der Waals surface area contributed by atoms with Crippen LogP contribution in [0.1, 0.15) is 11.4 Å². The van der Waals surface area contributed by atoms with Crippen LogP contribution in [-0.2, 0) is 0 Å².